The number of alkyl halides is 4. The van der Waals surface area contributed by atoms with Crippen molar-refractivity contribution in [1.29, 1.82) is 0 Å². The highest BCUT2D eigenvalue weighted by Gasteiger charge is 2.49. The molecular formula is C25H29F6N3O3S. The van der Waals surface area contributed by atoms with Gasteiger partial charge in [0, 0.05) is 7.85 Å². The van der Waals surface area contributed by atoms with Gasteiger partial charge in [0.15, 0.2) is 0 Å². The Morgan fingerprint density at radius 3 is 2.37 bits per heavy atom. The van der Waals surface area contributed by atoms with Crippen molar-refractivity contribution in [3.8, 4) is 0 Å². The minimum absolute atomic E-state index is 0. The minimum Gasteiger partial charge on any atom is -0.349 e. The molecule has 0 spiro atoms. The zero-order chi connectivity index (χ0) is 27.8. The molecule has 3 atom stereocenters. The van der Waals surface area contributed by atoms with Gasteiger partial charge in [-0.1, -0.05) is 0 Å². The molecule has 1 saturated heterocycles. The van der Waals surface area contributed by atoms with Gasteiger partial charge in [-0.05, 0) is 74.4 Å². The number of sulfonamides is 1. The number of pyridine rings is 1. The van der Waals surface area contributed by atoms with Crippen molar-refractivity contribution in [2.24, 2.45) is 5.92 Å². The number of hydrogen-bond acceptors (Lipinski definition) is 4. The fourth-order valence-corrected chi connectivity index (χ4v) is 7.04. The van der Waals surface area contributed by atoms with Crippen LogP contribution in [-0.2, 0) is 21.4 Å². The van der Waals surface area contributed by atoms with E-state index < -0.39 is 70.3 Å². The molecule has 2 heterocycles. The van der Waals surface area contributed by atoms with E-state index in [0.717, 1.165) is 34.8 Å². The monoisotopic (exact) mass is 565 g/mol. The third-order valence-corrected chi connectivity index (χ3v) is 9.40. The first kappa shape index (κ1) is 28.3. The van der Waals surface area contributed by atoms with Crippen LogP contribution in [0.25, 0.3) is 0 Å². The molecule has 4 rings (SSSR count). The SMILES string of the molecule is C[C@H]1[C@H](F)C[C@@H](C(=O)NCc2cc(C3CCC(C(F)(F)F)CC3)c(F)cn2)N1S(=O)(=O)c1ccc(F)cc1.[HH]. The Balaban J connectivity index is 0.00000420. The number of carbonyl (C=O) groups excluding carboxylic acids is 1. The molecule has 2 aliphatic rings. The molecule has 1 aliphatic heterocycles. The molecule has 1 aliphatic carbocycles. The number of carbonyl (C=O) groups is 1. The van der Waals surface area contributed by atoms with E-state index in [4.69, 9.17) is 0 Å². The topological polar surface area (TPSA) is 79.4 Å². The van der Waals surface area contributed by atoms with Crippen molar-refractivity contribution >= 4 is 15.9 Å². The molecule has 38 heavy (non-hydrogen) atoms. The number of nitrogens with one attached hydrogen (secondary N) is 1. The second-order valence-corrected chi connectivity index (χ2v) is 11.6. The maximum absolute atomic E-state index is 14.6. The number of aromatic nitrogens is 1. The van der Waals surface area contributed by atoms with Gasteiger partial charge in [-0.25, -0.2) is 21.6 Å². The molecule has 1 aromatic heterocycles. The Morgan fingerprint density at radius 2 is 1.76 bits per heavy atom. The lowest BCUT2D eigenvalue weighted by atomic mass is 9.78. The number of halogens is 6. The smallest absolute Gasteiger partial charge is 0.349 e. The van der Waals surface area contributed by atoms with Gasteiger partial charge in [-0.15, -0.1) is 0 Å². The second kappa shape index (κ2) is 10.8. The predicted octanol–water partition coefficient (Wildman–Crippen LogP) is 5.25. The van der Waals surface area contributed by atoms with Gasteiger partial charge in [0.1, 0.15) is 23.8 Å². The van der Waals surface area contributed by atoms with E-state index in [1.165, 1.54) is 13.0 Å². The Labute approximate surface area is 218 Å². The van der Waals surface area contributed by atoms with E-state index in [-0.39, 0.29) is 49.8 Å². The van der Waals surface area contributed by atoms with E-state index in [9.17, 15) is 39.6 Å². The first-order chi connectivity index (χ1) is 17.8. The van der Waals surface area contributed by atoms with Crippen LogP contribution < -0.4 is 5.32 Å². The average Bonchev–Trinajstić information content (AvgIpc) is 3.18. The van der Waals surface area contributed by atoms with Gasteiger partial charge in [0.2, 0.25) is 15.9 Å². The molecule has 13 heteroatoms. The summed E-state index contributed by atoms with van der Waals surface area (Å²) >= 11 is 0. The van der Waals surface area contributed by atoms with Crippen LogP contribution in [0.15, 0.2) is 41.4 Å². The van der Waals surface area contributed by atoms with E-state index >= 15 is 0 Å². The highest BCUT2D eigenvalue weighted by Crippen LogP contribution is 2.43. The second-order valence-electron chi connectivity index (χ2n) is 9.80. The first-order valence-electron chi connectivity index (χ1n) is 12.2. The average molecular weight is 566 g/mol. The number of hydrogen-bond donors (Lipinski definition) is 1. The van der Waals surface area contributed by atoms with Gasteiger partial charge < -0.3 is 5.32 Å². The van der Waals surface area contributed by atoms with Crippen LogP contribution in [0.2, 0.25) is 0 Å². The summed E-state index contributed by atoms with van der Waals surface area (Å²) in [5, 5.41) is 2.52. The maximum Gasteiger partial charge on any atom is 0.391 e. The quantitative estimate of drug-likeness (QED) is 0.486. The summed E-state index contributed by atoms with van der Waals surface area (Å²) in [7, 11) is -4.34. The molecular weight excluding hydrogens is 536 g/mol. The molecule has 0 unspecified atom stereocenters. The molecule has 1 N–H and O–H groups in total. The number of rotatable bonds is 6. The summed E-state index contributed by atoms with van der Waals surface area (Å²) in [4.78, 5) is 16.6. The lowest BCUT2D eigenvalue weighted by Crippen LogP contribution is -2.48. The van der Waals surface area contributed by atoms with Crippen molar-refractivity contribution in [2.45, 2.75) is 80.8 Å². The summed E-state index contributed by atoms with van der Waals surface area (Å²) in [5.74, 6) is -3.94. The summed E-state index contributed by atoms with van der Waals surface area (Å²) in [6.45, 7) is 1.11. The van der Waals surface area contributed by atoms with E-state index in [2.05, 4.69) is 10.3 Å². The molecule has 2 fully saturated rings. The van der Waals surface area contributed by atoms with Crippen molar-refractivity contribution in [1.82, 2.24) is 14.6 Å². The fourth-order valence-electron chi connectivity index (χ4n) is 5.23. The first-order valence-corrected chi connectivity index (χ1v) is 13.6. The Morgan fingerprint density at radius 1 is 1.13 bits per heavy atom. The zero-order valence-corrected chi connectivity index (χ0v) is 21.2. The van der Waals surface area contributed by atoms with Crippen LogP contribution in [0.1, 0.15) is 57.6 Å². The lowest BCUT2D eigenvalue weighted by molar-refractivity contribution is -0.182. The van der Waals surface area contributed by atoms with Crippen LogP contribution >= 0.6 is 0 Å². The number of benzene rings is 1. The van der Waals surface area contributed by atoms with E-state index in [1.807, 2.05) is 0 Å². The molecule has 0 bridgehead atoms. The predicted molar refractivity (Wildman–Crippen MR) is 127 cm³/mol. The summed E-state index contributed by atoms with van der Waals surface area (Å²) in [6, 6.07) is 2.81. The van der Waals surface area contributed by atoms with Crippen molar-refractivity contribution in [3.63, 3.8) is 0 Å². The van der Waals surface area contributed by atoms with Crippen LogP contribution in [0, 0.1) is 17.6 Å². The molecule has 1 amide bonds. The van der Waals surface area contributed by atoms with E-state index in [0.29, 0.717) is 0 Å². The number of nitrogens with zero attached hydrogens (tertiary/aromatic N) is 2. The van der Waals surface area contributed by atoms with Crippen molar-refractivity contribution in [3.05, 3.63) is 59.4 Å². The standard InChI is InChI=1S/C25H27F6N3O3S.H2/c1-14-21(27)11-23(34(14)38(36,37)19-8-6-17(26)7-9-19)24(35)33-12-18-10-20(22(28)13-32-18)15-2-4-16(5-3-15)25(29,30)31;/h6-10,13-16,21,23H,2-5,11-12H2,1H3,(H,33,35);1H/t14-,15?,16?,21+,23-;/m0./s1. The fraction of sp³-hybridized carbons (Fsp3) is 0.520. The van der Waals surface area contributed by atoms with Crippen LogP contribution in [0.4, 0.5) is 26.3 Å². The normalized spacial score (nSPS) is 26.9. The highest BCUT2D eigenvalue weighted by molar-refractivity contribution is 7.89. The van der Waals surface area contributed by atoms with Crippen molar-refractivity contribution in [2.75, 3.05) is 0 Å². The molecule has 6 nitrogen and oxygen atoms in total. The lowest BCUT2D eigenvalue weighted by Gasteiger charge is -2.30. The third-order valence-electron chi connectivity index (χ3n) is 7.39. The van der Waals surface area contributed by atoms with Gasteiger partial charge in [0.05, 0.1) is 35.3 Å². The number of amides is 1. The van der Waals surface area contributed by atoms with Crippen LogP contribution in [0.5, 0.6) is 0 Å². The van der Waals surface area contributed by atoms with Gasteiger partial charge in [-0.3, -0.25) is 9.78 Å². The van der Waals surface area contributed by atoms with Gasteiger partial charge in [0.25, 0.3) is 0 Å². The molecule has 0 radical (unpaired) electrons. The van der Waals surface area contributed by atoms with Crippen LogP contribution in [-0.4, -0.2) is 48.0 Å². The largest absolute Gasteiger partial charge is 0.391 e. The van der Waals surface area contributed by atoms with E-state index in [1.54, 1.807) is 0 Å². The maximum atomic E-state index is 14.6. The van der Waals surface area contributed by atoms with Gasteiger partial charge in [-0.2, -0.15) is 17.5 Å². The third kappa shape index (κ3) is 5.83. The molecule has 1 saturated carbocycles. The van der Waals surface area contributed by atoms with Gasteiger partial charge >= 0.3 is 6.18 Å². The van der Waals surface area contributed by atoms with Crippen LogP contribution in [0.3, 0.4) is 0 Å². The molecule has 1 aromatic carbocycles. The summed E-state index contributed by atoms with van der Waals surface area (Å²) < 4.78 is 108. The highest BCUT2D eigenvalue weighted by atomic mass is 32.2. The Kier molecular flexibility index (Phi) is 8.08. The zero-order valence-electron chi connectivity index (χ0n) is 20.4. The summed E-state index contributed by atoms with van der Waals surface area (Å²) in [5.41, 5.74) is 0.437. The van der Waals surface area contributed by atoms with Crippen molar-refractivity contribution < 1.29 is 41.0 Å². The molecule has 2 aromatic rings. The minimum atomic E-state index is -4.34. The molecule has 210 valence electrons. The summed E-state index contributed by atoms with van der Waals surface area (Å²) in [6.07, 6.45) is -5.26. The Hall–Kier alpha value is -2.67. The Bertz CT molecular complexity index is 1270.